The number of aromatic hydroxyl groups is 2. The van der Waals surface area contributed by atoms with Gasteiger partial charge >= 0.3 is 5.97 Å². The molecular formula is C9H10FNO5. The van der Waals surface area contributed by atoms with Crippen LogP contribution in [0.15, 0.2) is 12.1 Å². The molecule has 1 rings (SSSR count). The molecule has 0 radical (unpaired) electrons. The average Bonchev–Trinajstić information content (AvgIpc) is 2.24. The highest BCUT2D eigenvalue weighted by Gasteiger charge is 2.27. The van der Waals surface area contributed by atoms with E-state index in [2.05, 4.69) is 0 Å². The number of carboxylic acid groups (broad SMARTS) is 1. The second-order valence-corrected chi connectivity index (χ2v) is 3.15. The van der Waals surface area contributed by atoms with Crippen LogP contribution in [0, 0.1) is 5.82 Å². The summed E-state index contributed by atoms with van der Waals surface area (Å²) in [6.07, 6.45) is -1.82. The Morgan fingerprint density at radius 2 is 1.94 bits per heavy atom. The summed E-state index contributed by atoms with van der Waals surface area (Å²) in [7, 11) is 0. The normalized spacial score (nSPS) is 14.4. The van der Waals surface area contributed by atoms with Crippen LogP contribution in [0.4, 0.5) is 4.39 Å². The van der Waals surface area contributed by atoms with E-state index in [1.807, 2.05) is 0 Å². The number of carbonyl (C=O) groups is 1. The minimum Gasteiger partial charge on any atom is -0.504 e. The summed E-state index contributed by atoms with van der Waals surface area (Å²) in [6.45, 7) is 0. The fourth-order valence-corrected chi connectivity index (χ4v) is 1.13. The lowest BCUT2D eigenvalue weighted by molar-refractivity contribution is -0.141. The Bertz CT molecular complexity index is 423. The summed E-state index contributed by atoms with van der Waals surface area (Å²) in [5, 5.41) is 35.9. The van der Waals surface area contributed by atoms with Crippen LogP contribution in [0.3, 0.4) is 0 Å². The molecule has 0 aliphatic carbocycles. The van der Waals surface area contributed by atoms with Gasteiger partial charge in [0.2, 0.25) is 0 Å². The van der Waals surface area contributed by atoms with Crippen molar-refractivity contribution in [2.45, 2.75) is 12.1 Å². The second kappa shape index (κ2) is 4.33. The van der Waals surface area contributed by atoms with E-state index in [1.165, 1.54) is 0 Å². The zero-order valence-corrected chi connectivity index (χ0v) is 7.96. The summed E-state index contributed by atoms with van der Waals surface area (Å²) in [4.78, 5) is 10.5. The quantitative estimate of drug-likeness (QED) is 0.454. The third kappa shape index (κ3) is 2.05. The van der Waals surface area contributed by atoms with Crippen molar-refractivity contribution in [1.29, 1.82) is 0 Å². The van der Waals surface area contributed by atoms with Crippen molar-refractivity contribution in [2.24, 2.45) is 5.73 Å². The van der Waals surface area contributed by atoms with Gasteiger partial charge in [-0.05, 0) is 12.1 Å². The highest BCUT2D eigenvalue weighted by atomic mass is 19.1. The van der Waals surface area contributed by atoms with E-state index >= 15 is 0 Å². The van der Waals surface area contributed by atoms with Crippen molar-refractivity contribution in [3.63, 3.8) is 0 Å². The van der Waals surface area contributed by atoms with Crippen molar-refractivity contribution in [3.05, 3.63) is 23.5 Å². The maximum atomic E-state index is 13.3. The van der Waals surface area contributed by atoms with Gasteiger partial charge in [0.05, 0.1) is 0 Å². The Hall–Kier alpha value is -1.86. The molecule has 0 spiro atoms. The first-order valence-electron chi connectivity index (χ1n) is 4.23. The monoisotopic (exact) mass is 231 g/mol. The van der Waals surface area contributed by atoms with Crippen LogP contribution >= 0.6 is 0 Å². The van der Waals surface area contributed by atoms with Gasteiger partial charge in [0.15, 0.2) is 17.3 Å². The molecule has 2 atom stereocenters. The molecule has 1 aromatic rings. The Labute approximate surface area is 89.4 Å². The van der Waals surface area contributed by atoms with Crippen LogP contribution in [-0.2, 0) is 4.79 Å². The van der Waals surface area contributed by atoms with E-state index in [0.29, 0.717) is 0 Å². The number of nitrogens with two attached hydrogens (primary N) is 1. The van der Waals surface area contributed by atoms with Crippen LogP contribution in [0.2, 0.25) is 0 Å². The van der Waals surface area contributed by atoms with Crippen molar-refractivity contribution < 1.29 is 29.6 Å². The molecule has 7 heteroatoms. The molecule has 0 fully saturated rings. The molecule has 88 valence electrons. The number of hydrogen-bond donors (Lipinski definition) is 5. The SMILES string of the molecule is N[C@H](C(=O)O)[C@H](O)c1ccc(O)c(O)c1F. The van der Waals surface area contributed by atoms with Gasteiger partial charge in [-0.15, -0.1) is 0 Å². The lowest BCUT2D eigenvalue weighted by Gasteiger charge is -2.16. The molecule has 6 nitrogen and oxygen atoms in total. The van der Waals surface area contributed by atoms with Crippen molar-refractivity contribution in [3.8, 4) is 11.5 Å². The van der Waals surface area contributed by atoms with Gasteiger partial charge in [0.25, 0.3) is 0 Å². The molecular weight excluding hydrogens is 221 g/mol. The highest BCUT2D eigenvalue weighted by Crippen LogP contribution is 2.33. The van der Waals surface area contributed by atoms with Crippen molar-refractivity contribution in [1.82, 2.24) is 0 Å². The van der Waals surface area contributed by atoms with Gasteiger partial charge in [-0.1, -0.05) is 0 Å². The summed E-state index contributed by atoms with van der Waals surface area (Å²) >= 11 is 0. The molecule has 16 heavy (non-hydrogen) atoms. The topological polar surface area (TPSA) is 124 Å². The number of rotatable bonds is 3. The zero-order chi connectivity index (χ0) is 12.5. The number of aliphatic hydroxyl groups excluding tert-OH is 1. The lowest BCUT2D eigenvalue weighted by Crippen LogP contribution is -2.36. The third-order valence-electron chi connectivity index (χ3n) is 2.07. The number of phenols is 2. The number of aliphatic hydroxyl groups is 1. The standard InChI is InChI=1S/C9H10FNO5/c10-5-3(1-2-4(12)8(5)14)7(13)6(11)9(15)16/h1-2,6-7,12-14H,11H2,(H,15,16)/t6-,7+/m0/s1. The van der Waals surface area contributed by atoms with E-state index in [0.717, 1.165) is 12.1 Å². The summed E-state index contributed by atoms with van der Waals surface area (Å²) in [6, 6.07) is 0.141. The molecule has 1 aromatic carbocycles. The molecule has 6 N–H and O–H groups in total. The molecule has 0 saturated carbocycles. The van der Waals surface area contributed by atoms with Gasteiger partial charge in [-0.3, -0.25) is 4.79 Å². The van der Waals surface area contributed by atoms with Gasteiger partial charge in [-0.25, -0.2) is 4.39 Å². The fourth-order valence-electron chi connectivity index (χ4n) is 1.13. The van der Waals surface area contributed by atoms with Crippen LogP contribution in [0.25, 0.3) is 0 Å². The molecule has 0 unspecified atom stereocenters. The van der Waals surface area contributed by atoms with Crippen LogP contribution < -0.4 is 5.73 Å². The largest absolute Gasteiger partial charge is 0.504 e. The predicted octanol–water partition coefficient (Wildman–Crippen LogP) is -0.318. The van der Waals surface area contributed by atoms with E-state index in [1.54, 1.807) is 0 Å². The van der Waals surface area contributed by atoms with Gasteiger partial charge in [0, 0.05) is 5.56 Å². The van der Waals surface area contributed by atoms with Gasteiger partial charge in [-0.2, -0.15) is 0 Å². The molecule has 0 saturated heterocycles. The predicted molar refractivity (Wildman–Crippen MR) is 50.3 cm³/mol. The van der Waals surface area contributed by atoms with Crippen LogP contribution in [0.5, 0.6) is 11.5 Å². The summed E-state index contributed by atoms with van der Waals surface area (Å²) in [5.74, 6) is -4.59. The molecule has 0 aliphatic rings. The number of phenolic OH excluding ortho intramolecular Hbond substituents is 2. The summed E-state index contributed by atoms with van der Waals surface area (Å²) in [5.41, 5.74) is 4.59. The molecule has 0 aliphatic heterocycles. The van der Waals surface area contributed by atoms with Crippen LogP contribution in [-0.4, -0.2) is 32.4 Å². The van der Waals surface area contributed by atoms with Gasteiger partial charge in [0.1, 0.15) is 12.1 Å². The number of aliphatic carboxylic acids is 1. The van der Waals surface area contributed by atoms with E-state index < -0.39 is 41.0 Å². The average molecular weight is 231 g/mol. The maximum Gasteiger partial charge on any atom is 0.323 e. The first kappa shape index (κ1) is 12.2. The first-order valence-corrected chi connectivity index (χ1v) is 4.23. The molecule has 0 heterocycles. The van der Waals surface area contributed by atoms with Gasteiger partial charge < -0.3 is 26.2 Å². The maximum absolute atomic E-state index is 13.3. The Kier molecular flexibility index (Phi) is 3.31. The third-order valence-corrected chi connectivity index (χ3v) is 2.07. The highest BCUT2D eigenvalue weighted by molar-refractivity contribution is 5.74. The Morgan fingerprint density at radius 3 is 2.44 bits per heavy atom. The Balaban J connectivity index is 3.14. The van der Waals surface area contributed by atoms with E-state index in [4.69, 9.17) is 21.1 Å². The lowest BCUT2D eigenvalue weighted by atomic mass is 10.0. The number of carboxylic acids is 1. The zero-order valence-electron chi connectivity index (χ0n) is 7.96. The van der Waals surface area contributed by atoms with E-state index in [-0.39, 0.29) is 0 Å². The Morgan fingerprint density at radius 1 is 1.38 bits per heavy atom. The number of benzene rings is 1. The number of halogens is 1. The minimum absolute atomic E-state index is 0.495. The second-order valence-electron chi connectivity index (χ2n) is 3.15. The minimum atomic E-state index is -1.82. The molecule has 0 amide bonds. The summed E-state index contributed by atoms with van der Waals surface area (Å²) < 4.78 is 13.3. The smallest absolute Gasteiger partial charge is 0.323 e. The van der Waals surface area contributed by atoms with Crippen LogP contribution in [0.1, 0.15) is 11.7 Å². The van der Waals surface area contributed by atoms with E-state index in [9.17, 15) is 14.3 Å². The van der Waals surface area contributed by atoms with Crippen molar-refractivity contribution in [2.75, 3.05) is 0 Å². The first-order chi connectivity index (χ1) is 7.36. The number of hydrogen-bond acceptors (Lipinski definition) is 5. The fraction of sp³-hybridized carbons (Fsp3) is 0.222. The molecule has 0 aromatic heterocycles. The molecule has 0 bridgehead atoms. The van der Waals surface area contributed by atoms with Crippen molar-refractivity contribution >= 4 is 5.97 Å².